The van der Waals surface area contributed by atoms with Crippen LogP contribution in [0.2, 0.25) is 0 Å². The molecule has 2 bridgehead atoms. The highest BCUT2D eigenvalue weighted by atomic mass is 19.4. The minimum atomic E-state index is -4.44. The molecule has 3 heterocycles. The highest BCUT2D eigenvalue weighted by Gasteiger charge is 2.31. The summed E-state index contributed by atoms with van der Waals surface area (Å²) in [5.74, 6) is -0.415. The van der Waals surface area contributed by atoms with Crippen molar-refractivity contribution >= 4 is 5.78 Å². The summed E-state index contributed by atoms with van der Waals surface area (Å²) in [6, 6.07) is 12.6. The second-order valence-corrected chi connectivity index (χ2v) is 6.03. The lowest BCUT2D eigenvalue weighted by Crippen LogP contribution is -2.58. The van der Waals surface area contributed by atoms with Crippen LogP contribution in [-0.2, 0) is 10.9 Å². The molecule has 25 heavy (non-hydrogen) atoms. The van der Waals surface area contributed by atoms with Crippen LogP contribution < -0.4 is 0 Å². The molecule has 0 aromatic heterocycles. The number of nitrogens with zero attached hydrogens (tertiary/aromatic N) is 1. The summed E-state index contributed by atoms with van der Waals surface area (Å²) in [5.41, 5.74) is -0.405. The maximum Gasteiger partial charge on any atom is 0.416 e. The molecule has 2 aromatic carbocycles. The van der Waals surface area contributed by atoms with E-state index in [1.54, 1.807) is 30.3 Å². The van der Waals surface area contributed by atoms with Gasteiger partial charge in [0.15, 0.2) is 5.78 Å². The standard InChI is InChI=1S/C14H9F3O.C5H9NO/c15-14(16,17)12-8-4-7-11(9-12)13(18)10-5-2-1-3-6-10;1-2-7-5-3-6(1)4-5/h1-9H;5H,1-4H2. The fraction of sp³-hybridized carbons (Fsp3) is 0.316. The van der Waals surface area contributed by atoms with E-state index in [-0.39, 0.29) is 5.56 Å². The second-order valence-electron chi connectivity index (χ2n) is 6.03. The first-order valence-corrected chi connectivity index (χ1v) is 8.04. The van der Waals surface area contributed by atoms with Gasteiger partial charge in [-0.15, -0.1) is 0 Å². The van der Waals surface area contributed by atoms with Crippen molar-refractivity contribution in [2.75, 3.05) is 26.2 Å². The van der Waals surface area contributed by atoms with Gasteiger partial charge in [0, 0.05) is 30.8 Å². The van der Waals surface area contributed by atoms with Crippen molar-refractivity contribution in [1.29, 1.82) is 0 Å². The molecule has 0 N–H and O–H groups in total. The minimum Gasteiger partial charge on any atom is -0.374 e. The molecule has 0 saturated carbocycles. The zero-order valence-electron chi connectivity index (χ0n) is 13.5. The Morgan fingerprint density at radius 1 is 1.00 bits per heavy atom. The Morgan fingerprint density at radius 2 is 1.68 bits per heavy atom. The highest BCUT2D eigenvalue weighted by molar-refractivity contribution is 6.09. The molecule has 0 amide bonds. The molecule has 6 heteroatoms. The zero-order chi connectivity index (χ0) is 17.9. The van der Waals surface area contributed by atoms with Gasteiger partial charge in [0.1, 0.15) is 0 Å². The lowest BCUT2D eigenvalue weighted by atomic mass is 10.0. The van der Waals surface area contributed by atoms with Crippen LogP contribution in [0, 0.1) is 0 Å². The molecule has 0 radical (unpaired) electrons. The molecule has 0 unspecified atom stereocenters. The van der Waals surface area contributed by atoms with E-state index < -0.39 is 17.5 Å². The van der Waals surface area contributed by atoms with Crippen molar-refractivity contribution in [3.8, 4) is 0 Å². The number of benzene rings is 2. The first-order chi connectivity index (χ1) is 11.9. The molecule has 132 valence electrons. The van der Waals surface area contributed by atoms with E-state index in [1.165, 1.54) is 25.2 Å². The van der Waals surface area contributed by atoms with Crippen molar-refractivity contribution < 1.29 is 22.7 Å². The molecule has 3 aliphatic heterocycles. The van der Waals surface area contributed by atoms with E-state index >= 15 is 0 Å². The van der Waals surface area contributed by atoms with Crippen LogP contribution in [0.1, 0.15) is 21.5 Å². The number of carbonyl (C=O) groups is 1. The van der Waals surface area contributed by atoms with Crippen LogP contribution in [0.3, 0.4) is 0 Å². The van der Waals surface area contributed by atoms with E-state index in [4.69, 9.17) is 4.74 Å². The molecule has 3 aliphatic rings. The van der Waals surface area contributed by atoms with Crippen LogP contribution in [0.25, 0.3) is 0 Å². The summed E-state index contributed by atoms with van der Waals surface area (Å²) >= 11 is 0. The molecule has 0 spiro atoms. The quantitative estimate of drug-likeness (QED) is 0.776. The maximum atomic E-state index is 12.5. The van der Waals surface area contributed by atoms with Gasteiger partial charge in [0.2, 0.25) is 0 Å². The van der Waals surface area contributed by atoms with Crippen molar-refractivity contribution in [2.24, 2.45) is 0 Å². The third kappa shape index (κ3) is 4.46. The lowest BCUT2D eigenvalue weighted by molar-refractivity contribution is -0.137. The normalized spacial score (nSPS) is 21.6. The van der Waals surface area contributed by atoms with Gasteiger partial charge in [-0.1, -0.05) is 42.5 Å². The fourth-order valence-electron chi connectivity index (χ4n) is 2.75. The summed E-state index contributed by atoms with van der Waals surface area (Å²) in [5, 5.41) is 0. The minimum absolute atomic E-state index is 0.0380. The van der Waals surface area contributed by atoms with Crippen LogP contribution >= 0.6 is 0 Å². The first-order valence-electron chi connectivity index (χ1n) is 8.04. The summed E-state index contributed by atoms with van der Waals surface area (Å²) in [6.45, 7) is 4.52. The molecule has 2 aromatic rings. The predicted octanol–water partition coefficient (Wildman–Crippen LogP) is 3.64. The number of ketones is 1. The number of hydrogen-bond donors (Lipinski definition) is 0. The number of ether oxygens (including phenoxy) is 1. The topological polar surface area (TPSA) is 29.5 Å². The van der Waals surface area contributed by atoms with Gasteiger partial charge in [0.05, 0.1) is 18.3 Å². The molecule has 0 aliphatic carbocycles. The van der Waals surface area contributed by atoms with Crippen LogP contribution in [0.4, 0.5) is 13.2 Å². The number of fused-ring (bicyclic) bond motifs is 2. The summed E-state index contributed by atoms with van der Waals surface area (Å²) in [6.07, 6.45) is -3.83. The Morgan fingerprint density at radius 3 is 2.16 bits per heavy atom. The summed E-state index contributed by atoms with van der Waals surface area (Å²) in [7, 11) is 0. The molecular weight excluding hydrogens is 331 g/mol. The van der Waals surface area contributed by atoms with Gasteiger partial charge in [-0.3, -0.25) is 9.69 Å². The Bertz CT molecular complexity index is 711. The van der Waals surface area contributed by atoms with E-state index in [9.17, 15) is 18.0 Å². The number of morpholine rings is 2. The van der Waals surface area contributed by atoms with Crippen molar-refractivity contribution in [3.63, 3.8) is 0 Å². The number of rotatable bonds is 2. The van der Waals surface area contributed by atoms with Gasteiger partial charge < -0.3 is 4.74 Å². The number of carbonyl (C=O) groups excluding carboxylic acids is 1. The van der Waals surface area contributed by atoms with E-state index in [2.05, 4.69) is 4.90 Å². The molecule has 3 saturated heterocycles. The Balaban J connectivity index is 0.000000213. The van der Waals surface area contributed by atoms with E-state index in [0.29, 0.717) is 11.7 Å². The van der Waals surface area contributed by atoms with Crippen molar-refractivity contribution in [2.45, 2.75) is 12.3 Å². The average molecular weight is 349 g/mol. The van der Waals surface area contributed by atoms with Crippen LogP contribution in [0.5, 0.6) is 0 Å². The van der Waals surface area contributed by atoms with Gasteiger partial charge in [-0.05, 0) is 12.1 Å². The third-order valence-electron chi connectivity index (χ3n) is 4.17. The summed E-state index contributed by atoms with van der Waals surface area (Å²) < 4.78 is 42.9. The van der Waals surface area contributed by atoms with Crippen LogP contribution in [-0.4, -0.2) is 43.0 Å². The Labute approximate surface area is 144 Å². The fourth-order valence-corrected chi connectivity index (χ4v) is 2.75. The van der Waals surface area contributed by atoms with E-state index in [1.807, 2.05) is 0 Å². The predicted molar refractivity (Wildman–Crippen MR) is 87.5 cm³/mol. The molecule has 0 atom stereocenters. The maximum absolute atomic E-state index is 12.5. The van der Waals surface area contributed by atoms with E-state index in [0.717, 1.165) is 25.3 Å². The zero-order valence-corrected chi connectivity index (χ0v) is 13.5. The van der Waals surface area contributed by atoms with Gasteiger partial charge >= 0.3 is 6.18 Å². The lowest BCUT2D eigenvalue weighted by Gasteiger charge is -2.43. The number of alkyl halides is 3. The second kappa shape index (κ2) is 7.37. The highest BCUT2D eigenvalue weighted by Crippen LogP contribution is 2.29. The Hall–Kier alpha value is -2.18. The molecular formula is C19H18F3NO2. The molecule has 3 nitrogen and oxygen atoms in total. The summed E-state index contributed by atoms with van der Waals surface area (Å²) in [4.78, 5) is 14.4. The van der Waals surface area contributed by atoms with Crippen molar-refractivity contribution in [3.05, 3.63) is 71.3 Å². The van der Waals surface area contributed by atoms with Crippen molar-refractivity contribution in [1.82, 2.24) is 4.90 Å². The van der Waals surface area contributed by atoms with Gasteiger partial charge in [-0.25, -0.2) is 0 Å². The first kappa shape index (κ1) is 17.6. The van der Waals surface area contributed by atoms with Crippen LogP contribution in [0.15, 0.2) is 54.6 Å². The van der Waals surface area contributed by atoms with Gasteiger partial charge in [0.25, 0.3) is 0 Å². The average Bonchev–Trinajstić information content (AvgIpc) is 2.62. The SMILES string of the molecule is C1CN2CC(C2)O1.O=C(c1ccccc1)c1cccc(C(F)(F)F)c1. The largest absolute Gasteiger partial charge is 0.416 e. The smallest absolute Gasteiger partial charge is 0.374 e. The molecule has 3 fully saturated rings. The Kier molecular flexibility index (Phi) is 5.20. The van der Waals surface area contributed by atoms with Gasteiger partial charge in [-0.2, -0.15) is 13.2 Å². The third-order valence-corrected chi connectivity index (χ3v) is 4.17. The molecule has 5 rings (SSSR count). The monoisotopic (exact) mass is 349 g/mol. The number of halogens is 3. The number of hydrogen-bond acceptors (Lipinski definition) is 3.